The van der Waals surface area contributed by atoms with Gasteiger partial charge >= 0.3 is 5.97 Å². The first-order chi connectivity index (χ1) is 13.0. The van der Waals surface area contributed by atoms with Crippen LogP contribution in [0.1, 0.15) is 22.3 Å². The molecule has 1 aromatic carbocycles. The third-order valence-corrected chi connectivity index (χ3v) is 4.98. The second-order valence-corrected chi connectivity index (χ2v) is 6.78. The summed E-state index contributed by atoms with van der Waals surface area (Å²) in [7, 11) is 0. The summed E-state index contributed by atoms with van der Waals surface area (Å²) in [5.74, 6) is -1.97. The van der Waals surface area contributed by atoms with Crippen LogP contribution in [0, 0.1) is 5.82 Å². The molecule has 0 saturated heterocycles. The van der Waals surface area contributed by atoms with E-state index in [9.17, 15) is 19.1 Å². The third kappa shape index (κ3) is 4.22. The fourth-order valence-corrected chi connectivity index (χ4v) is 3.57. The molecule has 0 atom stereocenters. The van der Waals surface area contributed by atoms with Crippen molar-refractivity contribution in [1.29, 1.82) is 0 Å². The second-order valence-electron chi connectivity index (χ2n) is 5.84. The number of thiazole rings is 1. The molecule has 28 heavy (non-hydrogen) atoms. The number of halogens is 2. The molecular formula is C18H19ClFN3O4S. The zero-order chi connectivity index (χ0) is 19.6. The summed E-state index contributed by atoms with van der Waals surface area (Å²) in [6, 6.07) is 2.61. The highest BCUT2D eigenvalue weighted by Gasteiger charge is 2.18. The highest BCUT2D eigenvalue weighted by atomic mass is 35.5. The van der Waals surface area contributed by atoms with Gasteiger partial charge in [0.05, 0.1) is 17.8 Å². The number of hydrogen-bond acceptors (Lipinski definition) is 6. The van der Waals surface area contributed by atoms with Gasteiger partial charge in [-0.15, -0.1) is 23.7 Å². The normalized spacial score (nSPS) is 10.8. The molecule has 3 rings (SSSR count). The molecule has 0 radical (unpaired) electrons. The fraction of sp³-hybridized carbons (Fsp3) is 0.278. The van der Waals surface area contributed by atoms with Crippen LogP contribution >= 0.6 is 23.7 Å². The Morgan fingerprint density at radius 1 is 1.39 bits per heavy atom. The number of aromatic carboxylic acids is 1. The lowest BCUT2D eigenvalue weighted by atomic mass is 10.1. The molecule has 0 unspecified atom stereocenters. The van der Waals surface area contributed by atoms with E-state index in [1.54, 1.807) is 9.95 Å². The van der Waals surface area contributed by atoms with Gasteiger partial charge < -0.3 is 20.1 Å². The van der Waals surface area contributed by atoms with Crippen LogP contribution in [0.4, 0.5) is 4.39 Å². The molecular weight excluding hydrogens is 409 g/mol. The lowest BCUT2D eigenvalue weighted by Gasteiger charge is -2.12. The standard InChI is InChI=1S/C18H18FN3O4S.ClH/c1-2-22-8-12(18(25)26)17(24)11-5-13(19)10(6-15(11)22)14-9-27-16(21-14)7-20-3-4-23;/h5-6,8-9,20,23H,2-4,7H2,1H3,(H,25,26);1H. The van der Waals surface area contributed by atoms with Gasteiger partial charge in [0.2, 0.25) is 5.43 Å². The number of hydrogen-bond donors (Lipinski definition) is 3. The maximum atomic E-state index is 14.7. The van der Waals surface area contributed by atoms with Crippen LogP contribution in [-0.2, 0) is 13.1 Å². The van der Waals surface area contributed by atoms with E-state index in [0.717, 1.165) is 11.1 Å². The summed E-state index contributed by atoms with van der Waals surface area (Å²) in [5, 5.41) is 23.5. The van der Waals surface area contributed by atoms with Gasteiger partial charge in [-0.3, -0.25) is 4.79 Å². The smallest absolute Gasteiger partial charge is 0.341 e. The summed E-state index contributed by atoms with van der Waals surface area (Å²) >= 11 is 1.36. The molecule has 0 bridgehead atoms. The van der Waals surface area contributed by atoms with E-state index in [4.69, 9.17) is 5.11 Å². The van der Waals surface area contributed by atoms with Crippen molar-refractivity contribution in [1.82, 2.24) is 14.9 Å². The summed E-state index contributed by atoms with van der Waals surface area (Å²) < 4.78 is 16.3. The number of carboxylic acids is 1. The lowest BCUT2D eigenvalue weighted by molar-refractivity contribution is 0.0695. The highest BCUT2D eigenvalue weighted by Crippen LogP contribution is 2.28. The predicted molar refractivity (Wildman–Crippen MR) is 108 cm³/mol. The molecule has 0 aliphatic rings. The fourth-order valence-electron chi connectivity index (χ4n) is 2.81. The van der Waals surface area contributed by atoms with Crippen LogP contribution in [0.2, 0.25) is 0 Å². The van der Waals surface area contributed by atoms with Gasteiger partial charge in [0.25, 0.3) is 0 Å². The number of aliphatic hydroxyl groups excluding tert-OH is 1. The molecule has 7 nitrogen and oxygen atoms in total. The number of nitrogens with one attached hydrogen (secondary N) is 1. The first-order valence-electron chi connectivity index (χ1n) is 8.32. The Hall–Kier alpha value is -2.33. The van der Waals surface area contributed by atoms with Gasteiger partial charge in [-0.25, -0.2) is 14.2 Å². The van der Waals surface area contributed by atoms with Crippen molar-refractivity contribution >= 4 is 40.6 Å². The van der Waals surface area contributed by atoms with Crippen LogP contribution in [-0.4, -0.2) is 38.9 Å². The number of carbonyl (C=O) groups is 1. The number of fused-ring (bicyclic) bond motifs is 1. The summed E-state index contributed by atoms with van der Waals surface area (Å²) in [4.78, 5) is 28.1. The van der Waals surface area contributed by atoms with Gasteiger partial charge in [-0.2, -0.15) is 0 Å². The molecule has 0 saturated carbocycles. The van der Waals surface area contributed by atoms with E-state index in [2.05, 4.69) is 10.3 Å². The van der Waals surface area contributed by atoms with Gasteiger partial charge in [0.1, 0.15) is 16.4 Å². The Bertz CT molecular complexity index is 1070. The minimum absolute atomic E-state index is 0. The average molecular weight is 428 g/mol. The summed E-state index contributed by atoms with van der Waals surface area (Å²) in [6.07, 6.45) is 1.28. The van der Waals surface area contributed by atoms with E-state index in [1.807, 2.05) is 6.92 Å². The first-order valence-corrected chi connectivity index (χ1v) is 9.20. The molecule has 0 aliphatic carbocycles. The van der Waals surface area contributed by atoms with Crippen LogP contribution in [0.15, 0.2) is 28.5 Å². The number of aliphatic hydroxyl groups is 1. The molecule has 150 valence electrons. The summed E-state index contributed by atoms with van der Waals surface area (Å²) in [5.41, 5.74) is 0.0496. The number of pyridine rings is 1. The van der Waals surface area contributed by atoms with Crippen molar-refractivity contribution in [2.75, 3.05) is 13.2 Å². The van der Waals surface area contributed by atoms with Gasteiger partial charge in [0, 0.05) is 42.2 Å². The van der Waals surface area contributed by atoms with Crippen LogP contribution in [0.5, 0.6) is 0 Å². The van der Waals surface area contributed by atoms with Crippen LogP contribution in [0.25, 0.3) is 22.2 Å². The van der Waals surface area contributed by atoms with Gasteiger partial charge in [-0.1, -0.05) is 0 Å². The molecule has 2 heterocycles. The molecule has 0 aliphatic heterocycles. The number of rotatable bonds is 7. The minimum atomic E-state index is -1.34. The summed E-state index contributed by atoms with van der Waals surface area (Å²) in [6.45, 7) is 3.16. The van der Waals surface area contributed by atoms with E-state index in [0.29, 0.717) is 30.8 Å². The Morgan fingerprint density at radius 3 is 2.79 bits per heavy atom. The molecule has 0 amide bonds. The number of nitrogens with zero attached hydrogens (tertiary/aromatic N) is 2. The third-order valence-electron chi connectivity index (χ3n) is 4.13. The molecule has 3 aromatic rings. The van der Waals surface area contributed by atoms with E-state index >= 15 is 0 Å². The topological polar surface area (TPSA) is 104 Å². The van der Waals surface area contributed by atoms with Crippen molar-refractivity contribution in [3.8, 4) is 11.3 Å². The van der Waals surface area contributed by atoms with E-state index < -0.39 is 17.2 Å². The zero-order valence-electron chi connectivity index (χ0n) is 14.9. The molecule has 2 aromatic heterocycles. The van der Waals surface area contributed by atoms with Gasteiger partial charge in [-0.05, 0) is 19.1 Å². The second kappa shape index (κ2) is 9.24. The highest BCUT2D eigenvalue weighted by molar-refractivity contribution is 7.09. The molecule has 0 spiro atoms. The Balaban J connectivity index is 0.00000280. The van der Waals surface area contributed by atoms with Crippen molar-refractivity contribution in [3.05, 3.63) is 50.3 Å². The number of aromatic nitrogens is 2. The minimum Gasteiger partial charge on any atom is -0.477 e. The van der Waals surface area contributed by atoms with Crippen LogP contribution < -0.4 is 10.7 Å². The molecule has 0 fully saturated rings. The van der Waals surface area contributed by atoms with Gasteiger partial charge in [0.15, 0.2) is 0 Å². The number of benzene rings is 1. The number of aryl methyl sites for hydroxylation is 1. The van der Waals surface area contributed by atoms with Crippen molar-refractivity contribution in [3.63, 3.8) is 0 Å². The Morgan fingerprint density at radius 2 is 2.14 bits per heavy atom. The molecule has 3 N–H and O–H groups in total. The first kappa shape index (κ1) is 22.0. The quantitative estimate of drug-likeness (QED) is 0.500. The number of carboxylic acid groups (broad SMARTS) is 1. The largest absolute Gasteiger partial charge is 0.477 e. The zero-order valence-corrected chi connectivity index (χ0v) is 16.6. The lowest BCUT2D eigenvalue weighted by Crippen LogP contribution is -2.19. The maximum Gasteiger partial charge on any atom is 0.341 e. The van der Waals surface area contributed by atoms with Crippen molar-refractivity contribution in [2.45, 2.75) is 20.0 Å². The van der Waals surface area contributed by atoms with E-state index in [-0.39, 0.29) is 35.5 Å². The van der Waals surface area contributed by atoms with Crippen molar-refractivity contribution < 1.29 is 19.4 Å². The van der Waals surface area contributed by atoms with Crippen molar-refractivity contribution in [2.24, 2.45) is 0 Å². The Kier molecular flexibility index (Phi) is 7.25. The average Bonchev–Trinajstić information content (AvgIpc) is 3.10. The monoisotopic (exact) mass is 427 g/mol. The van der Waals surface area contributed by atoms with Crippen LogP contribution in [0.3, 0.4) is 0 Å². The van der Waals surface area contributed by atoms with E-state index in [1.165, 1.54) is 23.6 Å². The predicted octanol–water partition coefficient (Wildman–Crippen LogP) is 2.49. The molecule has 10 heteroatoms. The Labute approximate surface area is 169 Å². The maximum absolute atomic E-state index is 14.7. The SMILES string of the molecule is CCn1cc(C(=O)O)c(=O)c2cc(F)c(-c3csc(CNCCO)n3)cc21.Cl.